The van der Waals surface area contributed by atoms with E-state index in [1.54, 1.807) is 18.2 Å². The molecule has 1 unspecified atom stereocenters. The van der Waals surface area contributed by atoms with Crippen molar-refractivity contribution >= 4 is 60.9 Å². The number of thiazole rings is 1. The quantitative estimate of drug-likeness (QED) is 0.211. The van der Waals surface area contributed by atoms with Crippen LogP contribution in [0.1, 0.15) is 21.7 Å². The van der Waals surface area contributed by atoms with E-state index in [0.717, 1.165) is 32.0 Å². The fourth-order valence-corrected chi connectivity index (χ4v) is 5.78. The summed E-state index contributed by atoms with van der Waals surface area (Å²) in [7, 11) is -0.348. The number of hydrogen-bond donors (Lipinski definition) is 1. The van der Waals surface area contributed by atoms with Gasteiger partial charge >= 0.3 is 11.4 Å². The third-order valence-corrected chi connectivity index (χ3v) is 8.19. The molecule has 4 aromatic rings. The first kappa shape index (κ1) is 27.8. The Morgan fingerprint density at radius 2 is 1.68 bits per heavy atom. The van der Waals surface area contributed by atoms with Crippen LogP contribution in [0.15, 0.2) is 60.7 Å². The normalized spacial score (nSPS) is 12.7. The van der Waals surface area contributed by atoms with Gasteiger partial charge < -0.3 is 13.3 Å². The number of rotatable bonds is 10. The molecule has 0 radical (unpaired) electrons. The van der Waals surface area contributed by atoms with Crippen LogP contribution in [0.4, 0.5) is 5.69 Å². The summed E-state index contributed by atoms with van der Waals surface area (Å²) in [5.74, 6) is 0.383. The number of fused-ring (bicyclic) bond motifs is 1. The lowest BCUT2D eigenvalue weighted by Crippen LogP contribution is -2.38. The van der Waals surface area contributed by atoms with Gasteiger partial charge in [-0.3, -0.25) is 4.55 Å². The van der Waals surface area contributed by atoms with E-state index in [1.807, 2.05) is 92.0 Å². The van der Waals surface area contributed by atoms with Gasteiger partial charge in [-0.25, -0.2) is 0 Å². The van der Waals surface area contributed by atoms with Gasteiger partial charge in [0.1, 0.15) is 16.2 Å². The molecule has 1 atom stereocenters. The molecule has 0 saturated heterocycles. The third-order valence-electron chi connectivity index (χ3n) is 5.72. The van der Waals surface area contributed by atoms with E-state index >= 15 is 0 Å². The molecule has 0 saturated carbocycles. The average Bonchev–Trinajstić information content (AvgIpc) is 3.19. The van der Waals surface area contributed by atoms with E-state index < -0.39 is 27.2 Å². The Labute approximate surface area is 229 Å². The highest BCUT2D eigenvalue weighted by Gasteiger charge is 2.21. The molecule has 0 aliphatic carbocycles. The molecular weight excluding hydrogens is 545 g/mol. The van der Waals surface area contributed by atoms with Crippen molar-refractivity contribution in [1.82, 2.24) is 0 Å². The predicted molar refractivity (Wildman–Crippen MR) is 153 cm³/mol. The van der Waals surface area contributed by atoms with Crippen LogP contribution >= 0.6 is 11.3 Å². The lowest BCUT2D eigenvalue weighted by molar-refractivity contribution is -0.664. The van der Waals surface area contributed by atoms with Gasteiger partial charge in [-0.05, 0) is 55.8 Å². The summed E-state index contributed by atoms with van der Waals surface area (Å²) < 4.78 is 59.0. The molecule has 11 heteroatoms. The summed E-state index contributed by atoms with van der Waals surface area (Å²) in [5.41, 5.74) is 4.49. The Balaban J connectivity index is 1.67. The van der Waals surface area contributed by atoms with Gasteiger partial charge in [0.2, 0.25) is 5.52 Å². The van der Waals surface area contributed by atoms with Crippen molar-refractivity contribution in [2.24, 2.45) is 0 Å². The molecule has 0 amide bonds. The molecule has 0 fully saturated rings. The Morgan fingerprint density at radius 1 is 0.974 bits per heavy atom. The molecule has 0 aliphatic heterocycles. The number of aromatic nitrogens is 1. The molecule has 4 rings (SSSR count). The summed E-state index contributed by atoms with van der Waals surface area (Å²) >= 11 is -0.591. The largest absolute Gasteiger partial charge is 0.417 e. The van der Waals surface area contributed by atoms with Crippen LogP contribution in [0.3, 0.4) is 0 Å². The molecule has 38 heavy (non-hydrogen) atoms. The maximum Gasteiger partial charge on any atom is 0.417 e. The van der Waals surface area contributed by atoms with Crippen LogP contribution in [0.25, 0.3) is 22.4 Å². The minimum atomic E-state index is -4.14. The van der Waals surface area contributed by atoms with Crippen LogP contribution in [0, 0.1) is 13.8 Å². The molecule has 0 spiro atoms. The van der Waals surface area contributed by atoms with Crippen molar-refractivity contribution in [2.45, 2.75) is 20.4 Å². The zero-order chi connectivity index (χ0) is 27.4. The molecular formula is C27H29N2O6S3+. The number of aryl methyl sites for hydroxylation is 3. The highest BCUT2D eigenvalue weighted by Crippen LogP contribution is 2.29. The smallest absolute Gasteiger partial charge is 0.378 e. The van der Waals surface area contributed by atoms with Crippen molar-refractivity contribution in [3.8, 4) is 11.5 Å². The topological polar surface area (TPSA) is 97.0 Å². The molecule has 0 bridgehead atoms. The van der Waals surface area contributed by atoms with Crippen LogP contribution in [0.5, 0.6) is 11.5 Å². The standard InChI is InChI=1S/C27H28N2O6S3/c1-19-5-11-23(12-6-19)34-37(30)35-25-18-22(28(3)4)10-8-21(25)9-14-27-29(15-16-38(31,32)33)24-17-20(2)7-13-26(24)36-27/h5-14,17-18H,15-16H2,1-4H3/p+1. The highest BCUT2D eigenvalue weighted by atomic mass is 32.2. The zero-order valence-corrected chi connectivity index (χ0v) is 23.9. The minimum Gasteiger partial charge on any atom is -0.378 e. The van der Waals surface area contributed by atoms with Gasteiger partial charge in [0.05, 0.1) is 0 Å². The van der Waals surface area contributed by atoms with E-state index in [1.165, 1.54) is 11.3 Å². The first-order valence-corrected chi connectivity index (χ1v) is 15.1. The highest BCUT2D eigenvalue weighted by molar-refractivity contribution is 7.85. The van der Waals surface area contributed by atoms with E-state index in [2.05, 4.69) is 0 Å². The second-order valence-corrected chi connectivity index (χ2v) is 12.4. The Hall–Kier alpha value is -3.25. The van der Waals surface area contributed by atoms with Crippen LogP contribution in [-0.2, 0) is 28.0 Å². The summed E-state index contributed by atoms with van der Waals surface area (Å²) in [6, 6.07) is 18.7. The SMILES string of the molecule is Cc1ccc(OS(=O)Oc2cc(N(C)C)ccc2/C=C/c2sc3ccc(C)cc3[n+]2CCS(=O)(=O)O)cc1. The van der Waals surface area contributed by atoms with Gasteiger partial charge in [-0.2, -0.15) is 17.2 Å². The van der Waals surface area contributed by atoms with Gasteiger partial charge in [-0.15, -0.1) is 0 Å². The van der Waals surface area contributed by atoms with Crippen molar-refractivity contribution < 1.29 is 30.1 Å². The van der Waals surface area contributed by atoms with Crippen LogP contribution in [-0.4, -0.2) is 37.0 Å². The molecule has 200 valence electrons. The Kier molecular flexibility index (Phi) is 8.51. The van der Waals surface area contributed by atoms with Gasteiger partial charge in [0.25, 0.3) is 15.1 Å². The molecule has 1 aromatic heterocycles. The summed E-state index contributed by atoms with van der Waals surface area (Å²) in [5, 5.41) is 0.786. The zero-order valence-electron chi connectivity index (χ0n) is 21.5. The fourth-order valence-electron chi connectivity index (χ4n) is 3.71. The van der Waals surface area contributed by atoms with Gasteiger partial charge in [0, 0.05) is 43.6 Å². The van der Waals surface area contributed by atoms with E-state index in [-0.39, 0.29) is 6.54 Å². The fraction of sp³-hybridized carbons (Fsp3) is 0.222. The van der Waals surface area contributed by atoms with E-state index in [4.69, 9.17) is 8.37 Å². The second-order valence-electron chi connectivity index (χ2n) is 8.98. The number of anilines is 1. The monoisotopic (exact) mass is 573 g/mol. The molecule has 8 nitrogen and oxygen atoms in total. The Bertz CT molecular complexity index is 1610. The van der Waals surface area contributed by atoms with Crippen molar-refractivity contribution in [1.29, 1.82) is 0 Å². The molecule has 1 N–H and O–H groups in total. The number of benzene rings is 3. The number of hydrogen-bond acceptors (Lipinski definition) is 7. The third kappa shape index (κ3) is 7.19. The van der Waals surface area contributed by atoms with Crippen LogP contribution < -0.4 is 17.8 Å². The van der Waals surface area contributed by atoms with Crippen LogP contribution in [0.2, 0.25) is 0 Å². The molecule has 0 aliphatic rings. The van der Waals surface area contributed by atoms with Crippen molar-refractivity contribution in [3.63, 3.8) is 0 Å². The summed E-state index contributed by atoms with van der Waals surface area (Å²) in [6.45, 7) is 4.01. The van der Waals surface area contributed by atoms with Gasteiger partial charge in [0.15, 0.2) is 12.3 Å². The number of nitrogens with zero attached hydrogens (tertiary/aromatic N) is 2. The molecule has 3 aromatic carbocycles. The van der Waals surface area contributed by atoms with E-state index in [9.17, 15) is 17.2 Å². The summed E-state index contributed by atoms with van der Waals surface area (Å²) in [6.07, 6.45) is 3.67. The second kappa shape index (κ2) is 11.6. The van der Waals surface area contributed by atoms with Gasteiger partial charge in [-0.1, -0.05) is 35.1 Å². The lowest BCUT2D eigenvalue weighted by Gasteiger charge is -2.15. The first-order chi connectivity index (χ1) is 18.0. The van der Waals surface area contributed by atoms with Crippen molar-refractivity contribution in [2.75, 3.05) is 24.7 Å². The molecule has 1 heterocycles. The predicted octanol–water partition coefficient (Wildman–Crippen LogP) is 4.97. The lowest BCUT2D eigenvalue weighted by atomic mass is 10.1. The first-order valence-electron chi connectivity index (χ1n) is 11.7. The Morgan fingerprint density at radius 3 is 2.37 bits per heavy atom. The van der Waals surface area contributed by atoms with Crippen molar-refractivity contribution in [3.05, 3.63) is 82.4 Å². The maximum atomic E-state index is 12.7. The maximum absolute atomic E-state index is 12.7. The van der Waals surface area contributed by atoms with E-state index in [0.29, 0.717) is 17.1 Å². The minimum absolute atomic E-state index is 0.0965. The summed E-state index contributed by atoms with van der Waals surface area (Å²) in [4.78, 5) is 1.90. The average molecular weight is 574 g/mol.